The fourth-order valence-electron chi connectivity index (χ4n) is 2.75. The summed E-state index contributed by atoms with van der Waals surface area (Å²) in [5, 5.41) is 0.452. The zero-order chi connectivity index (χ0) is 20.2. The van der Waals surface area contributed by atoms with Crippen molar-refractivity contribution in [3.63, 3.8) is 0 Å². The molecule has 0 bridgehead atoms. The molecule has 29 heavy (non-hydrogen) atoms. The number of imide groups is 1. The molecular formula is C22H15NO6. The van der Waals surface area contributed by atoms with Crippen molar-refractivity contribution in [1.29, 1.82) is 0 Å². The zero-order valence-corrected chi connectivity index (χ0v) is 15.1. The van der Waals surface area contributed by atoms with Gasteiger partial charge in [-0.1, -0.05) is 35.4 Å². The molecule has 0 saturated heterocycles. The third-order valence-electron chi connectivity index (χ3n) is 4.11. The highest BCUT2D eigenvalue weighted by Gasteiger charge is 2.38. The van der Waals surface area contributed by atoms with E-state index in [1.165, 1.54) is 12.1 Å². The Bertz CT molecular complexity index is 1030. The maximum Gasteiger partial charge on any atom is 0.370 e. The quantitative estimate of drug-likeness (QED) is 0.599. The van der Waals surface area contributed by atoms with E-state index < -0.39 is 24.4 Å². The number of para-hydroxylation sites is 1. The number of rotatable bonds is 6. The predicted octanol–water partition coefficient (Wildman–Crippen LogP) is 3.61. The van der Waals surface area contributed by atoms with E-state index in [0.29, 0.717) is 22.3 Å². The van der Waals surface area contributed by atoms with Crippen LogP contribution in [-0.2, 0) is 9.63 Å². The van der Waals surface area contributed by atoms with Crippen LogP contribution in [0.5, 0.6) is 17.2 Å². The van der Waals surface area contributed by atoms with Gasteiger partial charge in [0.15, 0.2) is 6.61 Å². The molecule has 0 aliphatic carbocycles. The maximum absolute atomic E-state index is 12.2. The molecule has 0 N–H and O–H groups in total. The summed E-state index contributed by atoms with van der Waals surface area (Å²) in [7, 11) is 0. The van der Waals surface area contributed by atoms with Gasteiger partial charge < -0.3 is 14.3 Å². The summed E-state index contributed by atoms with van der Waals surface area (Å²) >= 11 is 0. The van der Waals surface area contributed by atoms with Gasteiger partial charge in [0.25, 0.3) is 11.8 Å². The first kappa shape index (κ1) is 18.2. The van der Waals surface area contributed by atoms with Gasteiger partial charge in [0.05, 0.1) is 11.1 Å². The third-order valence-corrected chi connectivity index (χ3v) is 4.11. The molecule has 2 amide bonds. The second kappa shape index (κ2) is 7.85. The molecule has 0 saturated carbocycles. The Morgan fingerprint density at radius 2 is 1.21 bits per heavy atom. The molecule has 1 heterocycles. The Hall–Kier alpha value is -4.13. The van der Waals surface area contributed by atoms with Crippen molar-refractivity contribution in [2.45, 2.75) is 0 Å². The average Bonchev–Trinajstić information content (AvgIpc) is 2.99. The Morgan fingerprint density at radius 3 is 1.83 bits per heavy atom. The van der Waals surface area contributed by atoms with Crippen LogP contribution in [0.15, 0.2) is 78.9 Å². The van der Waals surface area contributed by atoms with Crippen molar-refractivity contribution in [3.05, 3.63) is 90.0 Å². The number of hydrogen-bond acceptors (Lipinski definition) is 6. The van der Waals surface area contributed by atoms with Crippen LogP contribution in [-0.4, -0.2) is 29.5 Å². The van der Waals surface area contributed by atoms with Crippen LogP contribution in [0.3, 0.4) is 0 Å². The van der Waals surface area contributed by atoms with E-state index in [4.69, 9.17) is 14.3 Å². The molecule has 0 aromatic heterocycles. The van der Waals surface area contributed by atoms with E-state index in [0.717, 1.165) is 0 Å². The van der Waals surface area contributed by atoms with Crippen LogP contribution >= 0.6 is 0 Å². The van der Waals surface area contributed by atoms with E-state index in [1.54, 1.807) is 36.4 Å². The lowest BCUT2D eigenvalue weighted by atomic mass is 10.1. The van der Waals surface area contributed by atoms with Crippen molar-refractivity contribution >= 4 is 17.8 Å². The highest BCUT2D eigenvalue weighted by Crippen LogP contribution is 2.24. The Balaban J connectivity index is 1.31. The first-order chi connectivity index (χ1) is 14.1. The topological polar surface area (TPSA) is 82.1 Å². The molecule has 3 aromatic carbocycles. The smallest absolute Gasteiger partial charge is 0.370 e. The monoisotopic (exact) mass is 389 g/mol. The van der Waals surface area contributed by atoms with Crippen molar-refractivity contribution < 1.29 is 28.7 Å². The number of carbonyl (C=O) groups is 3. The van der Waals surface area contributed by atoms with E-state index in [-0.39, 0.29) is 11.1 Å². The van der Waals surface area contributed by atoms with Crippen molar-refractivity contribution in [2.24, 2.45) is 0 Å². The van der Waals surface area contributed by atoms with Gasteiger partial charge >= 0.3 is 5.97 Å². The fraction of sp³-hybridized carbons (Fsp3) is 0.0455. The number of fused-ring (bicyclic) bond motifs is 1. The van der Waals surface area contributed by atoms with Crippen LogP contribution in [0.2, 0.25) is 0 Å². The van der Waals surface area contributed by atoms with Crippen LogP contribution in [0.25, 0.3) is 0 Å². The first-order valence-electron chi connectivity index (χ1n) is 8.76. The second-order valence-electron chi connectivity index (χ2n) is 6.09. The van der Waals surface area contributed by atoms with E-state index in [2.05, 4.69) is 0 Å². The molecule has 3 aromatic rings. The van der Waals surface area contributed by atoms with E-state index >= 15 is 0 Å². The van der Waals surface area contributed by atoms with Crippen molar-refractivity contribution in [1.82, 2.24) is 5.06 Å². The van der Waals surface area contributed by atoms with E-state index in [1.807, 2.05) is 30.3 Å². The number of hydroxylamine groups is 2. The zero-order valence-electron chi connectivity index (χ0n) is 15.1. The molecule has 7 nitrogen and oxygen atoms in total. The minimum Gasteiger partial charge on any atom is -0.482 e. The van der Waals surface area contributed by atoms with Gasteiger partial charge in [0, 0.05) is 0 Å². The Morgan fingerprint density at radius 1 is 0.690 bits per heavy atom. The molecule has 1 aliphatic rings. The summed E-state index contributed by atoms with van der Waals surface area (Å²) in [6.45, 7) is -0.466. The molecular weight excluding hydrogens is 374 g/mol. The molecule has 7 heteroatoms. The Labute approximate surface area is 166 Å². The highest BCUT2D eigenvalue weighted by atomic mass is 16.7. The lowest BCUT2D eigenvalue weighted by molar-refractivity contribution is -0.170. The molecule has 0 unspecified atom stereocenters. The van der Waals surface area contributed by atoms with Crippen LogP contribution < -0.4 is 9.47 Å². The number of ether oxygens (including phenoxy) is 2. The van der Waals surface area contributed by atoms with Crippen LogP contribution in [0, 0.1) is 0 Å². The largest absolute Gasteiger partial charge is 0.482 e. The van der Waals surface area contributed by atoms with Gasteiger partial charge in [0.2, 0.25) is 0 Å². The molecule has 0 radical (unpaired) electrons. The minimum atomic E-state index is -0.871. The highest BCUT2D eigenvalue weighted by molar-refractivity contribution is 6.20. The fourth-order valence-corrected chi connectivity index (χ4v) is 2.75. The lowest BCUT2D eigenvalue weighted by Gasteiger charge is -2.13. The van der Waals surface area contributed by atoms with Gasteiger partial charge in [-0.05, 0) is 48.5 Å². The normalized spacial score (nSPS) is 12.5. The maximum atomic E-state index is 12.2. The van der Waals surface area contributed by atoms with Crippen molar-refractivity contribution in [2.75, 3.05) is 6.61 Å². The summed E-state index contributed by atoms with van der Waals surface area (Å²) in [5.41, 5.74) is 0.389. The standard InChI is InChI=1S/C22H15NO6/c24-20(29-23-21(25)18-8-4-5-9-19(18)22(23)26)14-27-15-10-12-17(13-11-15)28-16-6-2-1-3-7-16/h1-13H,14H2. The van der Waals surface area contributed by atoms with E-state index in [9.17, 15) is 14.4 Å². The Kier molecular flexibility index (Phi) is 4.94. The number of carbonyl (C=O) groups excluding carboxylic acids is 3. The minimum absolute atomic E-state index is 0.195. The van der Waals surface area contributed by atoms with Gasteiger partial charge in [-0.15, -0.1) is 0 Å². The molecule has 144 valence electrons. The third kappa shape index (κ3) is 3.93. The van der Waals surface area contributed by atoms with Crippen molar-refractivity contribution in [3.8, 4) is 17.2 Å². The van der Waals surface area contributed by atoms with Gasteiger partial charge in [0.1, 0.15) is 17.2 Å². The molecule has 4 rings (SSSR count). The first-order valence-corrected chi connectivity index (χ1v) is 8.76. The summed E-state index contributed by atoms with van der Waals surface area (Å²) in [6.07, 6.45) is 0. The summed E-state index contributed by atoms with van der Waals surface area (Å²) < 4.78 is 11.0. The molecule has 1 aliphatic heterocycles. The van der Waals surface area contributed by atoms with Crippen LogP contribution in [0.1, 0.15) is 20.7 Å². The summed E-state index contributed by atoms with van der Waals surface area (Å²) in [6, 6.07) is 22.2. The average molecular weight is 389 g/mol. The number of amides is 2. The lowest BCUT2D eigenvalue weighted by Crippen LogP contribution is -2.34. The SMILES string of the molecule is O=C(COc1ccc(Oc2ccccc2)cc1)ON1C(=O)c2ccccc2C1=O. The van der Waals surface area contributed by atoms with Gasteiger partial charge in [-0.2, -0.15) is 0 Å². The summed E-state index contributed by atoms with van der Waals surface area (Å²) in [5.74, 6) is -0.514. The predicted molar refractivity (Wildman–Crippen MR) is 101 cm³/mol. The summed E-state index contributed by atoms with van der Waals surface area (Å²) in [4.78, 5) is 41.2. The molecule has 0 fully saturated rings. The second-order valence-corrected chi connectivity index (χ2v) is 6.09. The number of hydrogen-bond donors (Lipinski definition) is 0. The number of nitrogens with zero attached hydrogens (tertiary/aromatic N) is 1. The molecule has 0 atom stereocenters. The van der Waals surface area contributed by atoms with Gasteiger partial charge in [-0.3, -0.25) is 9.59 Å². The number of benzene rings is 3. The molecule has 0 spiro atoms. The van der Waals surface area contributed by atoms with Crippen LogP contribution in [0.4, 0.5) is 0 Å². The van der Waals surface area contributed by atoms with Gasteiger partial charge in [-0.25, -0.2) is 4.79 Å².